The van der Waals surface area contributed by atoms with E-state index < -0.39 is 150 Å². The van der Waals surface area contributed by atoms with E-state index >= 15 is 0 Å². The van der Waals surface area contributed by atoms with Crippen LogP contribution >= 0.6 is 0 Å². The van der Waals surface area contributed by atoms with Crippen molar-refractivity contribution in [3.05, 3.63) is 0 Å². The highest BCUT2D eigenvalue weighted by Gasteiger charge is 2.52. The van der Waals surface area contributed by atoms with Gasteiger partial charge in [0, 0.05) is 6.92 Å². The van der Waals surface area contributed by atoms with Crippen LogP contribution in [0.4, 0.5) is 0 Å². The normalized spacial score (nSPS) is 43.2. The Morgan fingerprint density at radius 2 is 1.35 bits per heavy atom. The largest absolute Gasteiger partial charge is 0.394 e. The lowest BCUT2D eigenvalue weighted by molar-refractivity contribution is -0.349. The smallest absolute Gasteiger partial charge is 0.217 e. The molecule has 3 aliphatic heterocycles. The zero-order chi connectivity index (χ0) is 34.3. The van der Waals surface area contributed by atoms with Gasteiger partial charge in [0.1, 0.15) is 79.3 Å². The minimum Gasteiger partial charge on any atom is -0.394 e. The molecule has 0 aromatic heterocycles. The standard InChI is InChI=1S/C25H45NO20/c1-8(31)26-13-21(46-25-19(38)16(35)14(33)10(4-28)44-25)15(34)11(5-29)43-24(13)41-7-9(32)23(40-3-2-27)45-20-12(6-30)42-22(39)18(37)17(20)36/h9-25,27-30,32-39H,2-7H2,1H3,(H,26,31)/t9?,10?,11?,12?,13?,14-,15+,16?,17?,18?,19?,20+,21?,22+,23-,24+,25-/m0/s1. The number of rotatable bonds is 15. The van der Waals surface area contributed by atoms with Gasteiger partial charge in [-0.1, -0.05) is 0 Å². The van der Waals surface area contributed by atoms with E-state index in [0.29, 0.717) is 0 Å². The van der Waals surface area contributed by atoms with Gasteiger partial charge >= 0.3 is 0 Å². The zero-order valence-electron chi connectivity index (χ0n) is 24.7. The molecule has 13 N–H and O–H groups in total. The third-order valence-corrected chi connectivity index (χ3v) is 7.61. The number of aliphatic hydroxyl groups is 12. The number of amides is 1. The molecule has 0 aliphatic carbocycles. The Morgan fingerprint density at radius 1 is 0.739 bits per heavy atom. The molecule has 0 radical (unpaired) electrons. The summed E-state index contributed by atoms with van der Waals surface area (Å²) < 4.78 is 38.2. The van der Waals surface area contributed by atoms with Crippen molar-refractivity contribution >= 4 is 5.91 Å². The first-order valence-corrected chi connectivity index (χ1v) is 14.4. The molecule has 0 bridgehead atoms. The molecule has 17 atom stereocenters. The number of hydrogen-bond donors (Lipinski definition) is 13. The van der Waals surface area contributed by atoms with Crippen LogP contribution in [0, 0.1) is 0 Å². The molecule has 21 nitrogen and oxygen atoms in total. The number of aliphatic hydroxyl groups excluding tert-OH is 12. The summed E-state index contributed by atoms with van der Waals surface area (Å²) in [6, 6.07) is -1.46. The van der Waals surface area contributed by atoms with E-state index in [1.807, 2.05) is 0 Å². The van der Waals surface area contributed by atoms with Gasteiger partial charge in [0.2, 0.25) is 5.91 Å². The minimum absolute atomic E-state index is 0.414. The van der Waals surface area contributed by atoms with Crippen LogP contribution in [0.25, 0.3) is 0 Å². The van der Waals surface area contributed by atoms with E-state index in [4.69, 9.17) is 33.2 Å². The fourth-order valence-electron chi connectivity index (χ4n) is 5.17. The molecule has 0 aromatic rings. The van der Waals surface area contributed by atoms with Crippen molar-refractivity contribution in [1.29, 1.82) is 0 Å². The maximum Gasteiger partial charge on any atom is 0.217 e. The summed E-state index contributed by atoms with van der Waals surface area (Å²) in [5.41, 5.74) is 0. The first-order valence-electron chi connectivity index (χ1n) is 14.4. The summed E-state index contributed by atoms with van der Waals surface area (Å²) in [4.78, 5) is 12.1. The highest BCUT2D eigenvalue weighted by molar-refractivity contribution is 5.73. The molecule has 3 rings (SSSR count). The molecule has 0 spiro atoms. The van der Waals surface area contributed by atoms with Crippen molar-refractivity contribution in [1.82, 2.24) is 5.32 Å². The van der Waals surface area contributed by atoms with Gasteiger partial charge in [0.15, 0.2) is 25.2 Å². The molecule has 0 aromatic carbocycles. The zero-order valence-corrected chi connectivity index (χ0v) is 24.7. The van der Waals surface area contributed by atoms with E-state index in [-0.39, 0.29) is 0 Å². The minimum atomic E-state index is -1.90. The fourth-order valence-corrected chi connectivity index (χ4v) is 5.17. The summed E-state index contributed by atoms with van der Waals surface area (Å²) in [6.45, 7) is -3.05. The van der Waals surface area contributed by atoms with Crippen LogP contribution in [-0.2, 0) is 38.0 Å². The quantitative estimate of drug-likeness (QED) is 0.0714. The molecule has 3 aliphatic rings. The molecule has 3 fully saturated rings. The third kappa shape index (κ3) is 9.23. The van der Waals surface area contributed by atoms with Crippen LogP contribution in [0.1, 0.15) is 6.92 Å². The molecule has 3 heterocycles. The molecule has 0 saturated carbocycles. The molecule has 3 saturated heterocycles. The van der Waals surface area contributed by atoms with E-state index in [9.17, 15) is 66.1 Å². The van der Waals surface area contributed by atoms with Crippen LogP contribution < -0.4 is 5.32 Å². The highest BCUT2D eigenvalue weighted by Crippen LogP contribution is 2.30. The maximum absolute atomic E-state index is 12.1. The number of carbonyl (C=O) groups excluding carboxylic acids is 1. The van der Waals surface area contributed by atoms with Crippen LogP contribution in [0.2, 0.25) is 0 Å². The number of hydrogen-bond acceptors (Lipinski definition) is 20. The van der Waals surface area contributed by atoms with Crippen molar-refractivity contribution < 1.29 is 99.2 Å². The second-order valence-corrected chi connectivity index (χ2v) is 10.9. The van der Waals surface area contributed by atoms with Gasteiger partial charge in [-0.15, -0.1) is 0 Å². The Labute approximate surface area is 262 Å². The molecule has 270 valence electrons. The first kappa shape index (κ1) is 39.2. The molecular formula is C25H45NO20. The van der Waals surface area contributed by atoms with Crippen molar-refractivity contribution in [3.63, 3.8) is 0 Å². The van der Waals surface area contributed by atoms with E-state index in [2.05, 4.69) is 5.32 Å². The SMILES string of the molecule is CC(=O)NC1C(O[C@@H]2OC(CO)[C@H](O)C(O)C2O)[C@H](O)C(CO)O[C@H]1OCC(O)[C@@H](OCCO)O[C@@H]1C(CO)O[C@@H](O)C(O)C1O. The average Bonchev–Trinajstić information content (AvgIpc) is 3.03. The molecule has 21 heteroatoms. The highest BCUT2D eigenvalue weighted by atomic mass is 16.7. The lowest BCUT2D eigenvalue weighted by Gasteiger charge is -2.47. The lowest BCUT2D eigenvalue weighted by Crippen LogP contribution is -2.68. The number of nitrogens with one attached hydrogen (secondary N) is 1. The fraction of sp³-hybridized carbons (Fsp3) is 0.960. The Morgan fingerprint density at radius 3 is 1.93 bits per heavy atom. The topological polar surface area (TPSA) is 336 Å². The molecule has 10 unspecified atom stereocenters. The molecule has 46 heavy (non-hydrogen) atoms. The third-order valence-electron chi connectivity index (χ3n) is 7.61. The second-order valence-electron chi connectivity index (χ2n) is 10.9. The number of carbonyl (C=O) groups is 1. The number of ether oxygens (including phenoxy) is 7. The second kappa shape index (κ2) is 17.9. The van der Waals surface area contributed by atoms with Crippen LogP contribution in [-0.4, -0.2) is 211 Å². The van der Waals surface area contributed by atoms with Gasteiger partial charge < -0.3 is 99.8 Å². The van der Waals surface area contributed by atoms with E-state index in [0.717, 1.165) is 6.92 Å². The Kier molecular flexibility index (Phi) is 15.2. The van der Waals surface area contributed by atoms with Gasteiger partial charge in [-0.05, 0) is 0 Å². The van der Waals surface area contributed by atoms with Crippen molar-refractivity contribution in [2.45, 2.75) is 111 Å². The van der Waals surface area contributed by atoms with Crippen molar-refractivity contribution in [2.24, 2.45) is 0 Å². The van der Waals surface area contributed by atoms with Crippen LogP contribution in [0.15, 0.2) is 0 Å². The maximum atomic E-state index is 12.1. The summed E-state index contributed by atoms with van der Waals surface area (Å²) >= 11 is 0. The van der Waals surface area contributed by atoms with Crippen molar-refractivity contribution in [2.75, 3.05) is 39.6 Å². The van der Waals surface area contributed by atoms with Crippen LogP contribution in [0.5, 0.6) is 0 Å². The summed E-state index contributed by atoms with van der Waals surface area (Å²) in [7, 11) is 0. The van der Waals surface area contributed by atoms with Crippen molar-refractivity contribution in [3.8, 4) is 0 Å². The van der Waals surface area contributed by atoms with Gasteiger partial charge in [-0.2, -0.15) is 0 Å². The summed E-state index contributed by atoms with van der Waals surface area (Å²) in [5.74, 6) is -0.700. The Balaban J connectivity index is 1.80. The Hall–Kier alpha value is -1.29. The van der Waals surface area contributed by atoms with Gasteiger partial charge in [-0.25, -0.2) is 0 Å². The van der Waals surface area contributed by atoms with Gasteiger partial charge in [-0.3, -0.25) is 4.79 Å². The Bertz CT molecular complexity index is 917. The van der Waals surface area contributed by atoms with E-state index in [1.165, 1.54) is 0 Å². The first-order chi connectivity index (χ1) is 21.8. The molecular weight excluding hydrogens is 634 g/mol. The summed E-state index contributed by atoms with van der Waals surface area (Å²) in [5, 5.41) is 123. The van der Waals surface area contributed by atoms with Gasteiger partial charge in [0.05, 0.1) is 39.6 Å². The lowest BCUT2D eigenvalue weighted by atomic mass is 9.95. The van der Waals surface area contributed by atoms with E-state index in [1.54, 1.807) is 0 Å². The van der Waals surface area contributed by atoms with Crippen LogP contribution in [0.3, 0.4) is 0 Å². The van der Waals surface area contributed by atoms with Gasteiger partial charge in [0.25, 0.3) is 0 Å². The predicted molar refractivity (Wildman–Crippen MR) is 142 cm³/mol. The molecule has 1 amide bonds. The predicted octanol–water partition coefficient (Wildman–Crippen LogP) is -8.72. The average molecular weight is 680 g/mol. The monoisotopic (exact) mass is 679 g/mol. The summed E-state index contributed by atoms with van der Waals surface area (Å²) in [6.07, 6.45) is -27.1.